The molecule has 0 aromatic heterocycles. The second kappa shape index (κ2) is 8.54. The van der Waals surface area contributed by atoms with E-state index in [0.717, 1.165) is 26.1 Å². The molecule has 0 unspecified atom stereocenters. The van der Waals surface area contributed by atoms with Gasteiger partial charge >= 0.3 is 0 Å². The van der Waals surface area contributed by atoms with Gasteiger partial charge in [0.1, 0.15) is 0 Å². The molecule has 1 aliphatic heterocycles. The van der Waals surface area contributed by atoms with Gasteiger partial charge in [0.25, 0.3) is 0 Å². The Labute approximate surface area is 154 Å². The number of hydrogen-bond acceptors (Lipinski definition) is 3. The summed E-state index contributed by atoms with van der Waals surface area (Å²) in [6, 6.07) is 17.2. The Morgan fingerprint density at radius 3 is 2.76 bits per heavy atom. The average molecular weight is 355 g/mol. The predicted octanol–water partition coefficient (Wildman–Crippen LogP) is 3.79. The summed E-state index contributed by atoms with van der Waals surface area (Å²) in [4.78, 5) is 15.9. The first-order chi connectivity index (χ1) is 12.1. The van der Waals surface area contributed by atoms with Crippen LogP contribution >= 0.6 is 11.8 Å². The van der Waals surface area contributed by atoms with Gasteiger partial charge in [0.05, 0.1) is 5.75 Å². The molecule has 0 saturated carbocycles. The van der Waals surface area contributed by atoms with E-state index in [4.69, 9.17) is 0 Å². The average Bonchev–Trinajstić information content (AvgIpc) is 3.02. The number of aryl methyl sites for hydroxylation is 2. The van der Waals surface area contributed by atoms with Crippen LogP contribution in [0.1, 0.15) is 23.1 Å². The summed E-state index contributed by atoms with van der Waals surface area (Å²) in [5.41, 5.74) is 3.84. The SMILES string of the molecule is Cc1ccc(SCC(=O)N[C@@H]2CCN(Cc3ccccc3)C2)c(C)c1. The first-order valence-electron chi connectivity index (χ1n) is 8.86. The van der Waals surface area contributed by atoms with E-state index in [-0.39, 0.29) is 11.9 Å². The molecule has 1 N–H and O–H groups in total. The van der Waals surface area contributed by atoms with Crippen LogP contribution in [0.15, 0.2) is 53.4 Å². The highest BCUT2D eigenvalue weighted by molar-refractivity contribution is 8.00. The Morgan fingerprint density at radius 1 is 1.20 bits per heavy atom. The molecule has 1 aliphatic rings. The van der Waals surface area contributed by atoms with E-state index in [1.807, 2.05) is 6.07 Å². The van der Waals surface area contributed by atoms with Crippen molar-refractivity contribution in [1.29, 1.82) is 0 Å². The number of benzene rings is 2. The van der Waals surface area contributed by atoms with Crippen molar-refractivity contribution >= 4 is 17.7 Å². The van der Waals surface area contributed by atoms with Crippen LogP contribution in [0.25, 0.3) is 0 Å². The largest absolute Gasteiger partial charge is 0.351 e. The van der Waals surface area contributed by atoms with Gasteiger partial charge in [-0.2, -0.15) is 0 Å². The van der Waals surface area contributed by atoms with Crippen LogP contribution in [-0.2, 0) is 11.3 Å². The van der Waals surface area contributed by atoms with Gasteiger partial charge in [0.2, 0.25) is 5.91 Å². The quantitative estimate of drug-likeness (QED) is 0.801. The van der Waals surface area contributed by atoms with Crippen LogP contribution in [0.4, 0.5) is 0 Å². The van der Waals surface area contributed by atoms with Crippen LogP contribution in [0.5, 0.6) is 0 Å². The monoisotopic (exact) mass is 354 g/mol. The first-order valence-corrected chi connectivity index (χ1v) is 9.84. The summed E-state index contributed by atoms with van der Waals surface area (Å²) in [5, 5.41) is 3.19. The normalized spacial score (nSPS) is 17.6. The molecule has 1 saturated heterocycles. The fourth-order valence-corrected chi connectivity index (χ4v) is 4.13. The van der Waals surface area contributed by atoms with Crippen LogP contribution in [0.2, 0.25) is 0 Å². The van der Waals surface area contributed by atoms with Gasteiger partial charge in [0.15, 0.2) is 0 Å². The van der Waals surface area contributed by atoms with E-state index in [2.05, 4.69) is 66.5 Å². The summed E-state index contributed by atoms with van der Waals surface area (Å²) < 4.78 is 0. The lowest BCUT2D eigenvalue weighted by atomic mass is 10.2. The van der Waals surface area contributed by atoms with E-state index in [1.165, 1.54) is 21.6 Å². The van der Waals surface area contributed by atoms with E-state index < -0.39 is 0 Å². The second-order valence-corrected chi connectivity index (χ2v) is 7.85. The zero-order valence-electron chi connectivity index (χ0n) is 15.0. The van der Waals surface area contributed by atoms with Crippen molar-refractivity contribution in [2.75, 3.05) is 18.8 Å². The molecule has 2 aromatic carbocycles. The molecule has 3 rings (SSSR count). The lowest BCUT2D eigenvalue weighted by molar-refractivity contribution is -0.119. The third-order valence-electron chi connectivity index (χ3n) is 4.58. The minimum absolute atomic E-state index is 0.136. The van der Waals surface area contributed by atoms with Crippen LogP contribution in [0, 0.1) is 13.8 Å². The van der Waals surface area contributed by atoms with Crippen LogP contribution in [0.3, 0.4) is 0 Å². The topological polar surface area (TPSA) is 32.3 Å². The number of likely N-dealkylation sites (tertiary alicyclic amines) is 1. The number of nitrogens with one attached hydrogen (secondary N) is 1. The van der Waals surface area contributed by atoms with Gasteiger partial charge in [-0.05, 0) is 37.5 Å². The number of nitrogens with zero attached hydrogens (tertiary/aromatic N) is 1. The third kappa shape index (κ3) is 5.35. The Hall–Kier alpha value is -1.78. The number of carbonyl (C=O) groups excluding carboxylic acids is 1. The van der Waals surface area contributed by atoms with Gasteiger partial charge in [-0.1, -0.05) is 48.0 Å². The van der Waals surface area contributed by atoms with Gasteiger partial charge in [-0.3, -0.25) is 9.69 Å². The van der Waals surface area contributed by atoms with Gasteiger partial charge < -0.3 is 5.32 Å². The smallest absolute Gasteiger partial charge is 0.230 e. The maximum absolute atomic E-state index is 12.3. The Morgan fingerprint density at radius 2 is 2.00 bits per heavy atom. The minimum atomic E-state index is 0.136. The van der Waals surface area contributed by atoms with Gasteiger partial charge in [-0.25, -0.2) is 0 Å². The lowest BCUT2D eigenvalue weighted by Crippen LogP contribution is -2.37. The van der Waals surface area contributed by atoms with Crippen molar-refractivity contribution in [2.45, 2.75) is 37.8 Å². The highest BCUT2D eigenvalue weighted by Crippen LogP contribution is 2.23. The molecule has 0 bridgehead atoms. The maximum atomic E-state index is 12.3. The molecule has 1 atom stereocenters. The highest BCUT2D eigenvalue weighted by Gasteiger charge is 2.23. The van der Waals surface area contributed by atoms with Crippen LogP contribution < -0.4 is 5.32 Å². The van der Waals surface area contributed by atoms with Gasteiger partial charge in [0, 0.05) is 30.6 Å². The van der Waals surface area contributed by atoms with Gasteiger partial charge in [-0.15, -0.1) is 11.8 Å². The minimum Gasteiger partial charge on any atom is -0.351 e. The number of carbonyl (C=O) groups is 1. The number of rotatable bonds is 6. The molecule has 1 heterocycles. The van der Waals surface area contributed by atoms with Crippen LogP contribution in [-0.4, -0.2) is 35.7 Å². The predicted molar refractivity (Wildman–Crippen MR) is 105 cm³/mol. The van der Waals surface area contributed by atoms with E-state index in [1.54, 1.807) is 11.8 Å². The molecule has 132 valence electrons. The number of thioether (sulfide) groups is 1. The fourth-order valence-electron chi connectivity index (χ4n) is 3.31. The molecule has 0 radical (unpaired) electrons. The Bertz CT molecular complexity index is 717. The highest BCUT2D eigenvalue weighted by atomic mass is 32.2. The summed E-state index contributed by atoms with van der Waals surface area (Å²) in [7, 11) is 0. The molecule has 25 heavy (non-hydrogen) atoms. The molecule has 3 nitrogen and oxygen atoms in total. The lowest BCUT2D eigenvalue weighted by Gasteiger charge is -2.17. The second-order valence-electron chi connectivity index (χ2n) is 6.83. The van der Waals surface area contributed by atoms with Crippen molar-refractivity contribution in [1.82, 2.24) is 10.2 Å². The zero-order chi connectivity index (χ0) is 17.6. The Kier molecular flexibility index (Phi) is 6.16. The van der Waals surface area contributed by atoms with Crippen molar-refractivity contribution in [3.8, 4) is 0 Å². The summed E-state index contributed by atoms with van der Waals surface area (Å²) >= 11 is 1.62. The zero-order valence-corrected chi connectivity index (χ0v) is 15.8. The molecule has 0 spiro atoms. The van der Waals surface area contributed by atoms with E-state index in [0.29, 0.717) is 5.75 Å². The van der Waals surface area contributed by atoms with E-state index in [9.17, 15) is 4.79 Å². The standard InChI is InChI=1S/C21H26N2OS/c1-16-8-9-20(17(2)12-16)25-15-21(24)22-19-10-11-23(14-19)13-18-6-4-3-5-7-18/h3-9,12,19H,10-11,13-15H2,1-2H3,(H,22,24)/t19-/m1/s1. The van der Waals surface area contributed by atoms with Crippen molar-refractivity contribution in [3.05, 3.63) is 65.2 Å². The fraction of sp³-hybridized carbons (Fsp3) is 0.381. The Balaban J connectivity index is 1.43. The summed E-state index contributed by atoms with van der Waals surface area (Å²) in [5.74, 6) is 0.621. The molecule has 1 amide bonds. The first kappa shape index (κ1) is 18.0. The third-order valence-corrected chi connectivity index (χ3v) is 5.75. The summed E-state index contributed by atoms with van der Waals surface area (Å²) in [6.07, 6.45) is 1.03. The van der Waals surface area contributed by atoms with Crippen molar-refractivity contribution in [2.24, 2.45) is 0 Å². The molecule has 0 aliphatic carbocycles. The molecule has 2 aromatic rings. The molecule has 4 heteroatoms. The molecular weight excluding hydrogens is 328 g/mol. The van der Waals surface area contributed by atoms with Crippen molar-refractivity contribution in [3.63, 3.8) is 0 Å². The maximum Gasteiger partial charge on any atom is 0.230 e. The van der Waals surface area contributed by atoms with E-state index >= 15 is 0 Å². The summed E-state index contributed by atoms with van der Waals surface area (Å²) in [6.45, 7) is 7.14. The molecule has 1 fully saturated rings. The van der Waals surface area contributed by atoms with Crippen molar-refractivity contribution < 1.29 is 4.79 Å². The number of amides is 1. The number of hydrogen-bond donors (Lipinski definition) is 1. The molecular formula is C21H26N2OS.